The van der Waals surface area contributed by atoms with Crippen LogP contribution >= 0.6 is 11.3 Å². The largest absolute Gasteiger partial charge is 0.353 e. The van der Waals surface area contributed by atoms with E-state index in [2.05, 4.69) is 59.4 Å². The molecule has 2 N–H and O–H groups in total. The Morgan fingerprint density at radius 3 is 2.44 bits per heavy atom. The Kier molecular flexibility index (Phi) is 6.02. The van der Waals surface area contributed by atoms with E-state index in [1.54, 1.807) is 11.3 Å². The molecule has 0 amide bonds. The molecule has 0 radical (unpaired) electrons. The zero-order valence-electron chi connectivity index (χ0n) is 15.0. The summed E-state index contributed by atoms with van der Waals surface area (Å²) >= 11 is 1.81. The molecule has 2 aliphatic heterocycles. The highest BCUT2D eigenvalue weighted by molar-refractivity contribution is 7.16. The second-order valence-electron chi connectivity index (χ2n) is 6.36. The first kappa shape index (κ1) is 20.0. The van der Waals surface area contributed by atoms with Gasteiger partial charge in [-0.15, -0.1) is 11.3 Å². The Balaban J connectivity index is 0.000000376. The molecule has 0 atom stereocenters. The number of benzene rings is 1. The SMILES string of the molecule is Cc1cc2c(s1)Nc1ccccc1N=C2N1CCN(C)CC1.[O-][Cl+3]([O-])([O-])O. The van der Waals surface area contributed by atoms with Crippen LogP contribution in [-0.4, -0.2) is 53.5 Å². The number of hydrogen-bond donors (Lipinski definition) is 2. The molecule has 1 aromatic carbocycles. The van der Waals surface area contributed by atoms with E-state index < -0.39 is 10.2 Å². The van der Waals surface area contributed by atoms with E-state index in [-0.39, 0.29) is 0 Å². The number of hydrogen-bond acceptors (Lipinski definition) is 9. The second kappa shape index (κ2) is 8.11. The quantitative estimate of drug-likeness (QED) is 0.587. The van der Waals surface area contributed by atoms with E-state index in [1.807, 2.05) is 0 Å². The zero-order chi connectivity index (χ0) is 19.6. The van der Waals surface area contributed by atoms with Crippen molar-refractivity contribution in [3.05, 3.63) is 40.8 Å². The van der Waals surface area contributed by atoms with Crippen LogP contribution in [0.4, 0.5) is 16.4 Å². The van der Waals surface area contributed by atoms with Gasteiger partial charge in [0, 0.05) is 31.1 Å². The summed E-state index contributed by atoms with van der Waals surface area (Å²) in [6.07, 6.45) is 0. The van der Waals surface area contributed by atoms with E-state index in [0.29, 0.717) is 0 Å². The smallest absolute Gasteiger partial charge is 0.139 e. The summed E-state index contributed by atoms with van der Waals surface area (Å²) in [5.41, 5.74) is 3.36. The molecule has 1 saturated heterocycles. The van der Waals surface area contributed by atoms with Gasteiger partial charge in [0.1, 0.15) is 10.8 Å². The highest BCUT2D eigenvalue weighted by Gasteiger charge is 2.25. The predicted octanol–water partition coefficient (Wildman–Crippen LogP) is -0.685. The van der Waals surface area contributed by atoms with Gasteiger partial charge in [-0.2, -0.15) is 14.0 Å². The summed E-state index contributed by atoms with van der Waals surface area (Å²) in [5, 5.41) is 4.78. The molecule has 8 nitrogen and oxygen atoms in total. The lowest BCUT2D eigenvalue weighted by atomic mass is 10.2. The van der Waals surface area contributed by atoms with Crippen LogP contribution in [0.1, 0.15) is 10.4 Å². The maximum absolute atomic E-state index is 8.60. The summed E-state index contributed by atoms with van der Waals surface area (Å²) in [7, 11) is -2.51. The van der Waals surface area contributed by atoms with Crippen molar-refractivity contribution >= 4 is 33.5 Å². The van der Waals surface area contributed by atoms with Gasteiger partial charge < -0.3 is 15.1 Å². The van der Waals surface area contributed by atoms with Gasteiger partial charge in [0.05, 0.1) is 31.8 Å². The molecule has 0 bridgehead atoms. The monoisotopic (exact) mass is 412 g/mol. The summed E-state index contributed by atoms with van der Waals surface area (Å²) in [6, 6.07) is 10.6. The normalized spacial score (nSPS) is 17.0. The number of halogens is 1. The highest BCUT2D eigenvalue weighted by atomic mass is 35.7. The number of fused-ring (bicyclic) bond motifs is 2. The summed E-state index contributed by atoms with van der Waals surface area (Å²) in [4.78, 5) is 11.1. The fourth-order valence-electron chi connectivity index (χ4n) is 3.01. The Bertz CT molecular complexity index is 823. The third-order valence-corrected chi connectivity index (χ3v) is 5.24. The van der Waals surface area contributed by atoms with Crippen LogP contribution in [0, 0.1) is 17.2 Å². The number of likely N-dealkylation sites (N-methyl/N-ethyl adjacent to an activating group) is 1. The lowest BCUT2D eigenvalue weighted by molar-refractivity contribution is -1.92. The number of thiophene rings is 1. The Labute approximate surface area is 163 Å². The van der Waals surface area contributed by atoms with Gasteiger partial charge in [-0.25, -0.2) is 4.99 Å². The molecule has 4 rings (SSSR count). The summed E-state index contributed by atoms with van der Waals surface area (Å²) in [5.74, 6) is 1.12. The average Bonchev–Trinajstić information content (AvgIpc) is 2.86. The van der Waals surface area contributed by atoms with Crippen LogP contribution in [0.25, 0.3) is 0 Å². The van der Waals surface area contributed by atoms with Crippen molar-refractivity contribution in [1.29, 1.82) is 0 Å². The van der Waals surface area contributed by atoms with Crippen LogP contribution in [-0.2, 0) is 0 Å². The van der Waals surface area contributed by atoms with E-state index in [1.165, 1.54) is 15.4 Å². The molecular weight excluding hydrogens is 392 g/mol. The minimum Gasteiger partial charge on any atom is -0.353 e. The highest BCUT2D eigenvalue weighted by Crippen LogP contribution is 2.39. The number of aliphatic imine (C=N–C) groups is 1. The third-order valence-electron chi connectivity index (χ3n) is 4.28. The van der Waals surface area contributed by atoms with E-state index in [0.717, 1.165) is 43.4 Å². The van der Waals surface area contributed by atoms with E-state index >= 15 is 0 Å². The molecule has 0 unspecified atom stereocenters. The van der Waals surface area contributed by atoms with Gasteiger partial charge in [-0.05, 0) is 32.2 Å². The molecule has 146 valence electrons. The lowest BCUT2D eigenvalue weighted by Gasteiger charge is -2.34. The molecule has 0 aliphatic carbocycles. The number of rotatable bonds is 0. The van der Waals surface area contributed by atoms with Crippen LogP contribution in [0.2, 0.25) is 0 Å². The molecule has 3 heterocycles. The first-order valence-electron chi connectivity index (χ1n) is 8.33. The Morgan fingerprint density at radius 1 is 1.15 bits per heavy atom. The molecule has 1 aromatic heterocycles. The van der Waals surface area contributed by atoms with Crippen molar-refractivity contribution in [1.82, 2.24) is 9.80 Å². The van der Waals surface area contributed by atoms with Crippen molar-refractivity contribution in [2.45, 2.75) is 6.92 Å². The van der Waals surface area contributed by atoms with Crippen molar-refractivity contribution in [2.24, 2.45) is 4.99 Å². The number of nitrogens with one attached hydrogen (secondary N) is 1. The summed E-state index contributed by atoms with van der Waals surface area (Å²) < 4.78 is 32.7. The predicted molar refractivity (Wildman–Crippen MR) is 96.3 cm³/mol. The van der Waals surface area contributed by atoms with E-state index in [9.17, 15) is 0 Å². The molecular formula is C17H21ClN4O4S. The minimum atomic E-state index is -4.69. The van der Waals surface area contributed by atoms with Gasteiger partial charge in [0.25, 0.3) is 0 Å². The molecule has 1 fully saturated rings. The van der Waals surface area contributed by atoms with Crippen LogP contribution in [0.3, 0.4) is 0 Å². The van der Waals surface area contributed by atoms with Gasteiger partial charge >= 0.3 is 0 Å². The van der Waals surface area contributed by atoms with Crippen LogP contribution < -0.4 is 19.3 Å². The maximum Gasteiger partial charge on any atom is 0.139 e. The van der Waals surface area contributed by atoms with Crippen molar-refractivity contribution in [3.8, 4) is 0 Å². The Hall–Kier alpha value is -1.72. The average molecular weight is 413 g/mol. The first-order valence-corrected chi connectivity index (χ1v) is 10.4. The molecule has 2 aliphatic rings. The molecule has 10 heteroatoms. The van der Waals surface area contributed by atoms with Crippen molar-refractivity contribution in [2.75, 3.05) is 38.5 Å². The number of piperazine rings is 1. The molecule has 0 saturated carbocycles. The van der Waals surface area contributed by atoms with Crippen molar-refractivity contribution < 1.29 is 28.9 Å². The zero-order valence-corrected chi connectivity index (χ0v) is 16.6. The van der Waals surface area contributed by atoms with Gasteiger partial charge in [-0.1, -0.05) is 12.1 Å². The standard InChI is InChI=1S/C17H20N4S.ClHO4/c1-12-11-13-16(21-9-7-20(2)8-10-21)18-14-5-3-4-6-15(14)19-17(13)22-12;2-1(3,4)5/h3-6,11,19H,7-10H2,1-2H3;(H,2,3,4,5). The second-order valence-corrected chi connectivity index (χ2v) is 8.41. The lowest BCUT2D eigenvalue weighted by Crippen LogP contribution is -2.58. The fourth-order valence-corrected chi connectivity index (χ4v) is 3.93. The number of nitrogens with zero attached hydrogens (tertiary/aromatic N) is 3. The summed E-state index contributed by atoms with van der Waals surface area (Å²) in [6.45, 7) is 6.41. The van der Waals surface area contributed by atoms with Crippen LogP contribution in [0.5, 0.6) is 0 Å². The van der Waals surface area contributed by atoms with Gasteiger partial charge in [0.2, 0.25) is 0 Å². The number of anilines is 2. The molecule has 27 heavy (non-hydrogen) atoms. The van der Waals surface area contributed by atoms with E-state index in [4.69, 9.17) is 23.6 Å². The minimum absolute atomic E-state index is 1.03. The number of amidine groups is 1. The van der Waals surface area contributed by atoms with Crippen molar-refractivity contribution in [3.63, 3.8) is 0 Å². The van der Waals surface area contributed by atoms with Gasteiger partial charge in [0.15, 0.2) is 0 Å². The van der Waals surface area contributed by atoms with Crippen LogP contribution in [0.15, 0.2) is 35.3 Å². The Morgan fingerprint density at radius 2 is 1.78 bits per heavy atom. The first-order chi connectivity index (χ1) is 12.7. The number of aryl methyl sites for hydroxylation is 1. The fraction of sp³-hybridized carbons (Fsp3) is 0.353. The molecule has 2 aromatic rings. The topological polar surface area (TPSA) is 120 Å². The molecule has 0 spiro atoms. The number of para-hydroxylation sites is 2. The third kappa shape index (κ3) is 5.39. The maximum atomic E-state index is 8.60. The van der Waals surface area contributed by atoms with Gasteiger partial charge in [-0.3, -0.25) is 0 Å².